The summed E-state index contributed by atoms with van der Waals surface area (Å²) in [7, 11) is 0. The SMILES string of the molecule is CC/C(C(=O)[O-])=C(\C)Nc1ccccc1Cl. The fourth-order valence-corrected chi connectivity index (χ4v) is 1.59. The molecule has 0 bridgehead atoms. The molecule has 0 aliphatic rings. The van der Waals surface area contributed by atoms with Crippen LogP contribution in [-0.2, 0) is 4.79 Å². The minimum Gasteiger partial charge on any atom is -0.545 e. The van der Waals surface area contributed by atoms with E-state index in [0.717, 1.165) is 0 Å². The predicted octanol–water partition coefficient (Wildman–Crippen LogP) is 2.19. The zero-order valence-corrected chi connectivity index (χ0v) is 9.97. The van der Waals surface area contributed by atoms with Crippen molar-refractivity contribution in [1.29, 1.82) is 0 Å². The highest BCUT2D eigenvalue weighted by Gasteiger charge is 2.04. The van der Waals surface area contributed by atoms with Gasteiger partial charge in [0, 0.05) is 5.70 Å². The summed E-state index contributed by atoms with van der Waals surface area (Å²) >= 11 is 5.95. The second-order valence-corrected chi connectivity index (χ2v) is 3.76. The van der Waals surface area contributed by atoms with Crippen LogP contribution in [0.5, 0.6) is 0 Å². The molecule has 0 spiro atoms. The molecule has 86 valence electrons. The van der Waals surface area contributed by atoms with Crippen LogP contribution in [0.25, 0.3) is 0 Å². The maximum absolute atomic E-state index is 10.8. The number of carbonyl (C=O) groups excluding carboxylic acids is 1. The molecule has 3 nitrogen and oxygen atoms in total. The lowest BCUT2D eigenvalue weighted by Crippen LogP contribution is -2.26. The van der Waals surface area contributed by atoms with Crippen molar-refractivity contribution in [2.45, 2.75) is 20.3 Å². The van der Waals surface area contributed by atoms with E-state index in [1.165, 1.54) is 0 Å². The van der Waals surface area contributed by atoms with Crippen molar-refractivity contribution in [3.8, 4) is 0 Å². The van der Waals surface area contributed by atoms with Gasteiger partial charge in [0.15, 0.2) is 0 Å². The average Bonchev–Trinajstić information content (AvgIpc) is 2.22. The van der Waals surface area contributed by atoms with E-state index in [2.05, 4.69) is 5.32 Å². The molecule has 1 N–H and O–H groups in total. The minimum atomic E-state index is -1.15. The van der Waals surface area contributed by atoms with Gasteiger partial charge in [-0.15, -0.1) is 0 Å². The normalized spacial score (nSPS) is 11.9. The second-order valence-electron chi connectivity index (χ2n) is 3.35. The molecule has 0 radical (unpaired) electrons. The summed E-state index contributed by atoms with van der Waals surface area (Å²) in [5.41, 5.74) is 1.49. The van der Waals surface area contributed by atoms with Crippen LogP contribution in [0.3, 0.4) is 0 Å². The van der Waals surface area contributed by atoms with E-state index in [9.17, 15) is 9.90 Å². The lowest BCUT2D eigenvalue weighted by molar-refractivity contribution is -0.299. The van der Waals surface area contributed by atoms with Crippen molar-refractivity contribution >= 4 is 23.3 Å². The molecule has 0 heterocycles. The fraction of sp³-hybridized carbons (Fsp3) is 0.250. The third-order valence-electron chi connectivity index (χ3n) is 2.25. The van der Waals surface area contributed by atoms with E-state index in [1.807, 2.05) is 12.1 Å². The molecule has 16 heavy (non-hydrogen) atoms. The van der Waals surface area contributed by atoms with Crippen molar-refractivity contribution < 1.29 is 9.90 Å². The lowest BCUT2D eigenvalue weighted by atomic mass is 10.1. The molecule has 0 unspecified atom stereocenters. The molecule has 1 rings (SSSR count). The van der Waals surface area contributed by atoms with E-state index in [0.29, 0.717) is 22.8 Å². The van der Waals surface area contributed by atoms with E-state index in [4.69, 9.17) is 11.6 Å². The Bertz CT molecular complexity index is 427. The number of carboxylic acid groups (broad SMARTS) is 1. The van der Waals surface area contributed by atoms with Crippen molar-refractivity contribution in [2.75, 3.05) is 5.32 Å². The molecular weight excluding hydrogens is 226 g/mol. The average molecular weight is 239 g/mol. The third kappa shape index (κ3) is 3.00. The molecule has 0 aliphatic heterocycles. The Morgan fingerprint density at radius 3 is 2.56 bits per heavy atom. The van der Waals surface area contributed by atoms with Gasteiger partial charge in [-0.2, -0.15) is 0 Å². The first-order valence-corrected chi connectivity index (χ1v) is 5.36. The molecular formula is C12H13ClNO2-. The number of carboxylic acids is 1. The molecule has 0 fully saturated rings. The Labute approximate surface area is 99.7 Å². The summed E-state index contributed by atoms with van der Waals surface area (Å²) < 4.78 is 0. The Hall–Kier alpha value is -1.48. The topological polar surface area (TPSA) is 52.2 Å². The van der Waals surface area contributed by atoms with Crippen LogP contribution in [0, 0.1) is 0 Å². The van der Waals surface area contributed by atoms with Crippen LogP contribution in [0.2, 0.25) is 5.02 Å². The summed E-state index contributed by atoms with van der Waals surface area (Å²) in [5, 5.41) is 14.3. The van der Waals surface area contributed by atoms with Crippen LogP contribution >= 0.6 is 11.6 Å². The molecule has 0 saturated carbocycles. The molecule has 0 amide bonds. The molecule has 1 aromatic carbocycles. The standard InChI is InChI=1S/C12H14ClNO2/c1-3-9(12(15)16)8(2)14-11-7-5-4-6-10(11)13/h4-7,14H,3H2,1-2H3,(H,15,16)/p-1/b9-8-. The summed E-state index contributed by atoms with van der Waals surface area (Å²) in [4.78, 5) is 10.8. The third-order valence-corrected chi connectivity index (χ3v) is 2.58. The zero-order chi connectivity index (χ0) is 12.1. The number of allylic oxidation sites excluding steroid dienone is 1. The first kappa shape index (κ1) is 12.6. The van der Waals surface area contributed by atoms with Gasteiger partial charge in [-0.1, -0.05) is 30.7 Å². The van der Waals surface area contributed by atoms with Gasteiger partial charge >= 0.3 is 0 Å². The quantitative estimate of drug-likeness (QED) is 0.818. The van der Waals surface area contributed by atoms with Crippen LogP contribution in [0.15, 0.2) is 35.5 Å². The van der Waals surface area contributed by atoms with Crippen molar-refractivity contribution in [3.63, 3.8) is 0 Å². The van der Waals surface area contributed by atoms with Crippen LogP contribution in [0.1, 0.15) is 20.3 Å². The minimum absolute atomic E-state index is 0.250. The number of hydrogen-bond donors (Lipinski definition) is 1. The second kappa shape index (κ2) is 5.56. The van der Waals surface area contributed by atoms with E-state index >= 15 is 0 Å². The van der Waals surface area contributed by atoms with E-state index in [-0.39, 0.29) is 5.57 Å². The van der Waals surface area contributed by atoms with Crippen LogP contribution < -0.4 is 10.4 Å². The number of aliphatic carboxylic acids is 1. The molecule has 0 aromatic heterocycles. The Morgan fingerprint density at radius 2 is 2.06 bits per heavy atom. The van der Waals surface area contributed by atoms with Gasteiger partial charge in [-0.25, -0.2) is 0 Å². The smallest absolute Gasteiger partial charge is 0.0692 e. The van der Waals surface area contributed by atoms with E-state index < -0.39 is 5.97 Å². The van der Waals surface area contributed by atoms with Gasteiger partial charge in [0.2, 0.25) is 0 Å². The number of hydrogen-bond acceptors (Lipinski definition) is 3. The number of anilines is 1. The van der Waals surface area contributed by atoms with Gasteiger partial charge in [0.05, 0.1) is 16.7 Å². The molecule has 4 heteroatoms. The molecule has 0 atom stereocenters. The lowest BCUT2D eigenvalue weighted by Gasteiger charge is -2.14. The van der Waals surface area contributed by atoms with Crippen molar-refractivity contribution in [1.82, 2.24) is 0 Å². The Balaban J connectivity index is 2.97. The summed E-state index contributed by atoms with van der Waals surface area (Å²) in [6.07, 6.45) is 0.408. The molecule has 1 aromatic rings. The van der Waals surface area contributed by atoms with Crippen LogP contribution in [0.4, 0.5) is 5.69 Å². The first-order valence-electron chi connectivity index (χ1n) is 4.99. The monoisotopic (exact) mass is 238 g/mol. The van der Waals surface area contributed by atoms with Gasteiger partial charge in [0.25, 0.3) is 0 Å². The van der Waals surface area contributed by atoms with Crippen molar-refractivity contribution in [2.24, 2.45) is 0 Å². The summed E-state index contributed by atoms with van der Waals surface area (Å²) in [5.74, 6) is -1.15. The zero-order valence-electron chi connectivity index (χ0n) is 9.21. The van der Waals surface area contributed by atoms with Gasteiger partial charge in [-0.3, -0.25) is 0 Å². The van der Waals surface area contributed by atoms with E-state index in [1.54, 1.807) is 26.0 Å². The number of carbonyl (C=O) groups is 1. The molecule has 0 saturated heterocycles. The number of para-hydroxylation sites is 1. The first-order chi connectivity index (χ1) is 7.56. The van der Waals surface area contributed by atoms with Gasteiger partial charge in [0.1, 0.15) is 0 Å². The Kier molecular flexibility index (Phi) is 4.38. The number of nitrogens with one attached hydrogen (secondary N) is 1. The summed E-state index contributed by atoms with van der Waals surface area (Å²) in [6.45, 7) is 3.46. The number of benzene rings is 1. The maximum atomic E-state index is 10.8. The van der Waals surface area contributed by atoms with Gasteiger partial charge in [-0.05, 0) is 31.1 Å². The van der Waals surface area contributed by atoms with Gasteiger partial charge < -0.3 is 15.2 Å². The molecule has 0 aliphatic carbocycles. The fourth-order valence-electron chi connectivity index (χ4n) is 1.40. The Morgan fingerprint density at radius 1 is 1.44 bits per heavy atom. The maximum Gasteiger partial charge on any atom is 0.0692 e. The highest BCUT2D eigenvalue weighted by molar-refractivity contribution is 6.33. The predicted molar refractivity (Wildman–Crippen MR) is 63.1 cm³/mol. The van der Waals surface area contributed by atoms with Crippen molar-refractivity contribution in [3.05, 3.63) is 40.6 Å². The highest BCUT2D eigenvalue weighted by atomic mass is 35.5. The number of rotatable bonds is 4. The summed E-state index contributed by atoms with van der Waals surface area (Å²) in [6, 6.07) is 7.16. The highest BCUT2D eigenvalue weighted by Crippen LogP contribution is 2.23. The number of halogens is 1. The van der Waals surface area contributed by atoms with Crippen LogP contribution in [-0.4, -0.2) is 5.97 Å². The largest absolute Gasteiger partial charge is 0.545 e.